The van der Waals surface area contributed by atoms with Gasteiger partial charge in [0.05, 0.1) is 25.3 Å². The fourth-order valence-corrected chi connectivity index (χ4v) is 3.15. The number of rotatable bonds is 3. The standard InChI is InChI=1S/C17H23N3O3/c1-11(2)23-13-9-19(10-13)17(22)18-15-5-4-6-16-14(15)7-8-20(16)12(3)21/h4-6,11,13H,7-10H2,1-3H3,(H,18,22). The Balaban J connectivity index is 1.64. The number of nitrogens with zero attached hydrogens (tertiary/aromatic N) is 2. The van der Waals surface area contributed by atoms with Gasteiger partial charge in [0.2, 0.25) is 5.91 Å². The van der Waals surface area contributed by atoms with Gasteiger partial charge in [-0.05, 0) is 32.4 Å². The zero-order valence-electron chi connectivity index (χ0n) is 13.8. The van der Waals surface area contributed by atoms with Gasteiger partial charge in [0.25, 0.3) is 0 Å². The van der Waals surface area contributed by atoms with Gasteiger partial charge in [-0.25, -0.2) is 4.79 Å². The number of hydrogen-bond donors (Lipinski definition) is 1. The summed E-state index contributed by atoms with van der Waals surface area (Å²) in [5.74, 6) is 0.0312. The lowest BCUT2D eigenvalue weighted by molar-refractivity contribution is -0.116. The zero-order valence-corrected chi connectivity index (χ0v) is 13.8. The van der Waals surface area contributed by atoms with Crippen molar-refractivity contribution in [1.29, 1.82) is 0 Å². The van der Waals surface area contributed by atoms with Crippen LogP contribution in [0.3, 0.4) is 0 Å². The third-order valence-electron chi connectivity index (χ3n) is 4.25. The van der Waals surface area contributed by atoms with Crippen LogP contribution in [0, 0.1) is 0 Å². The summed E-state index contributed by atoms with van der Waals surface area (Å²) in [6, 6.07) is 5.58. The second kappa shape index (κ2) is 6.20. The fraction of sp³-hybridized carbons (Fsp3) is 0.529. The van der Waals surface area contributed by atoms with Crippen LogP contribution < -0.4 is 10.2 Å². The Morgan fingerprint density at radius 2 is 2.04 bits per heavy atom. The van der Waals surface area contributed by atoms with Gasteiger partial charge in [-0.15, -0.1) is 0 Å². The van der Waals surface area contributed by atoms with Gasteiger partial charge >= 0.3 is 6.03 Å². The van der Waals surface area contributed by atoms with Crippen molar-refractivity contribution in [3.8, 4) is 0 Å². The molecule has 0 unspecified atom stereocenters. The SMILES string of the molecule is CC(=O)N1CCc2c(NC(=O)N3CC(OC(C)C)C3)cccc21. The maximum atomic E-state index is 12.3. The molecule has 0 saturated carbocycles. The normalized spacial score (nSPS) is 17.2. The highest BCUT2D eigenvalue weighted by Gasteiger charge is 2.33. The number of carbonyl (C=O) groups excluding carboxylic acids is 2. The Morgan fingerprint density at radius 1 is 1.30 bits per heavy atom. The third-order valence-corrected chi connectivity index (χ3v) is 4.25. The van der Waals surface area contributed by atoms with E-state index in [0.29, 0.717) is 19.6 Å². The van der Waals surface area contributed by atoms with E-state index in [4.69, 9.17) is 4.74 Å². The maximum absolute atomic E-state index is 12.3. The molecule has 0 radical (unpaired) electrons. The molecule has 1 fully saturated rings. The Morgan fingerprint density at radius 3 is 2.70 bits per heavy atom. The van der Waals surface area contributed by atoms with Crippen molar-refractivity contribution in [2.75, 3.05) is 29.9 Å². The summed E-state index contributed by atoms with van der Waals surface area (Å²) in [7, 11) is 0. The minimum Gasteiger partial charge on any atom is -0.372 e. The molecule has 0 aliphatic carbocycles. The smallest absolute Gasteiger partial charge is 0.322 e. The molecule has 3 amide bonds. The van der Waals surface area contributed by atoms with Gasteiger partial charge in [-0.3, -0.25) is 4.79 Å². The van der Waals surface area contributed by atoms with E-state index in [1.165, 1.54) is 0 Å². The maximum Gasteiger partial charge on any atom is 0.322 e. The first kappa shape index (κ1) is 15.8. The van der Waals surface area contributed by atoms with Crippen LogP contribution in [0.4, 0.5) is 16.2 Å². The van der Waals surface area contributed by atoms with E-state index < -0.39 is 0 Å². The van der Waals surface area contributed by atoms with Crippen molar-refractivity contribution >= 4 is 23.3 Å². The van der Waals surface area contributed by atoms with E-state index in [9.17, 15) is 9.59 Å². The van der Waals surface area contributed by atoms with Gasteiger partial charge in [0, 0.05) is 30.4 Å². The Bertz CT molecular complexity index is 624. The average molecular weight is 317 g/mol. The lowest BCUT2D eigenvalue weighted by Crippen LogP contribution is -2.56. The molecule has 0 bridgehead atoms. The molecule has 6 heteroatoms. The van der Waals surface area contributed by atoms with Crippen LogP contribution in [-0.4, -0.2) is 48.7 Å². The highest BCUT2D eigenvalue weighted by Crippen LogP contribution is 2.34. The van der Waals surface area contributed by atoms with Crippen molar-refractivity contribution < 1.29 is 14.3 Å². The average Bonchev–Trinajstić information content (AvgIpc) is 2.87. The quantitative estimate of drug-likeness (QED) is 0.930. The topological polar surface area (TPSA) is 61.9 Å². The number of hydrogen-bond acceptors (Lipinski definition) is 3. The van der Waals surface area contributed by atoms with Gasteiger partial charge in [-0.2, -0.15) is 0 Å². The number of likely N-dealkylation sites (tertiary alicyclic amines) is 1. The molecule has 1 saturated heterocycles. The van der Waals surface area contributed by atoms with E-state index in [0.717, 1.165) is 23.4 Å². The molecule has 6 nitrogen and oxygen atoms in total. The number of urea groups is 1. The second-order valence-electron chi connectivity index (χ2n) is 6.37. The van der Waals surface area contributed by atoms with Crippen LogP contribution in [-0.2, 0) is 16.0 Å². The summed E-state index contributed by atoms with van der Waals surface area (Å²) < 4.78 is 5.67. The second-order valence-corrected chi connectivity index (χ2v) is 6.37. The summed E-state index contributed by atoms with van der Waals surface area (Å²) in [5, 5.41) is 2.97. The number of anilines is 2. The summed E-state index contributed by atoms with van der Waals surface area (Å²) in [6.45, 7) is 7.48. The summed E-state index contributed by atoms with van der Waals surface area (Å²) in [5.41, 5.74) is 2.73. The molecule has 0 atom stereocenters. The number of ether oxygens (including phenoxy) is 1. The van der Waals surface area contributed by atoms with Crippen molar-refractivity contribution in [3.63, 3.8) is 0 Å². The highest BCUT2D eigenvalue weighted by molar-refractivity contribution is 5.97. The zero-order chi connectivity index (χ0) is 16.6. The molecular weight excluding hydrogens is 294 g/mol. The van der Waals surface area contributed by atoms with E-state index >= 15 is 0 Å². The first-order valence-electron chi connectivity index (χ1n) is 8.07. The van der Waals surface area contributed by atoms with Crippen molar-refractivity contribution in [1.82, 2.24) is 4.90 Å². The lowest BCUT2D eigenvalue weighted by atomic mass is 10.1. The number of fused-ring (bicyclic) bond motifs is 1. The molecule has 1 aromatic rings. The van der Waals surface area contributed by atoms with Crippen LogP contribution in [0.15, 0.2) is 18.2 Å². The molecule has 124 valence electrons. The summed E-state index contributed by atoms with van der Waals surface area (Å²) in [4.78, 5) is 27.5. The largest absolute Gasteiger partial charge is 0.372 e. The van der Waals surface area contributed by atoms with Crippen LogP contribution in [0.25, 0.3) is 0 Å². The van der Waals surface area contributed by atoms with Gasteiger partial charge in [0.15, 0.2) is 0 Å². The highest BCUT2D eigenvalue weighted by atomic mass is 16.5. The number of amides is 3. The minimum atomic E-state index is -0.108. The minimum absolute atomic E-state index is 0.0312. The molecule has 23 heavy (non-hydrogen) atoms. The van der Waals surface area contributed by atoms with Crippen LogP contribution in [0.1, 0.15) is 26.3 Å². The van der Waals surface area contributed by atoms with Gasteiger partial charge in [-0.1, -0.05) is 6.07 Å². The van der Waals surface area contributed by atoms with E-state index in [-0.39, 0.29) is 24.1 Å². The van der Waals surface area contributed by atoms with Gasteiger partial charge < -0.3 is 19.9 Å². The van der Waals surface area contributed by atoms with Crippen molar-refractivity contribution in [2.24, 2.45) is 0 Å². The summed E-state index contributed by atoms with van der Waals surface area (Å²) >= 11 is 0. The van der Waals surface area contributed by atoms with E-state index in [1.54, 1.807) is 16.7 Å². The number of carbonyl (C=O) groups is 2. The Labute approximate surface area is 136 Å². The van der Waals surface area contributed by atoms with Crippen LogP contribution in [0.5, 0.6) is 0 Å². The first-order chi connectivity index (χ1) is 11.0. The molecule has 0 spiro atoms. The van der Waals surface area contributed by atoms with E-state index in [1.807, 2.05) is 32.0 Å². The predicted octanol–water partition coefficient (Wildman–Crippen LogP) is 2.24. The first-order valence-corrected chi connectivity index (χ1v) is 8.07. The molecule has 2 heterocycles. The van der Waals surface area contributed by atoms with E-state index in [2.05, 4.69) is 5.32 Å². The Kier molecular flexibility index (Phi) is 4.26. The monoisotopic (exact) mass is 317 g/mol. The molecule has 1 N–H and O–H groups in total. The molecule has 2 aliphatic heterocycles. The lowest BCUT2D eigenvalue weighted by Gasteiger charge is -2.39. The molecule has 1 aromatic carbocycles. The molecular formula is C17H23N3O3. The predicted molar refractivity (Wildman–Crippen MR) is 88.8 cm³/mol. The number of nitrogens with one attached hydrogen (secondary N) is 1. The van der Waals surface area contributed by atoms with Crippen LogP contribution in [0.2, 0.25) is 0 Å². The molecule has 0 aromatic heterocycles. The van der Waals surface area contributed by atoms with Crippen molar-refractivity contribution in [3.05, 3.63) is 23.8 Å². The van der Waals surface area contributed by atoms with Crippen LogP contribution >= 0.6 is 0 Å². The fourth-order valence-electron chi connectivity index (χ4n) is 3.15. The molecule has 3 rings (SSSR count). The molecule has 2 aliphatic rings. The third kappa shape index (κ3) is 3.17. The van der Waals surface area contributed by atoms with Crippen molar-refractivity contribution in [2.45, 2.75) is 39.4 Å². The van der Waals surface area contributed by atoms with Gasteiger partial charge in [0.1, 0.15) is 0 Å². The Hall–Kier alpha value is -2.08. The number of benzene rings is 1. The summed E-state index contributed by atoms with van der Waals surface area (Å²) in [6.07, 6.45) is 1.08.